The van der Waals surface area contributed by atoms with Crippen LogP contribution >= 0.6 is 0 Å². The second kappa shape index (κ2) is 3.77. The molecule has 1 unspecified atom stereocenters. The first-order chi connectivity index (χ1) is 7.20. The highest BCUT2D eigenvalue weighted by molar-refractivity contribution is 5.54. The van der Waals surface area contributed by atoms with Gasteiger partial charge in [0.2, 0.25) is 0 Å². The van der Waals surface area contributed by atoms with Crippen LogP contribution in [0.4, 0.5) is 11.5 Å². The van der Waals surface area contributed by atoms with Gasteiger partial charge in [0.15, 0.2) is 5.69 Å². The van der Waals surface area contributed by atoms with E-state index in [2.05, 4.69) is 17.2 Å². The van der Waals surface area contributed by atoms with Gasteiger partial charge in [-0.1, -0.05) is 0 Å². The molecule has 2 rings (SSSR count). The SMILES string of the molecule is CC(Nc1ccc(N)c(C#N)n1)C1CC1. The molecule has 1 heterocycles. The highest BCUT2D eigenvalue weighted by atomic mass is 15.0. The van der Waals surface area contributed by atoms with Crippen molar-refractivity contribution < 1.29 is 0 Å². The Morgan fingerprint density at radius 1 is 1.60 bits per heavy atom. The molecule has 1 aromatic rings. The lowest BCUT2D eigenvalue weighted by molar-refractivity contribution is 0.690. The Morgan fingerprint density at radius 3 is 2.93 bits per heavy atom. The van der Waals surface area contributed by atoms with Gasteiger partial charge < -0.3 is 11.1 Å². The molecule has 15 heavy (non-hydrogen) atoms. The number of nitrogens with one attached hydrogen (secondary N) is 1. The average molecular weight is 202 g/mol. The molecule has 1 atom stereocenters. The van der Waals surface area contributed by atoms with Gasteiger partial charge in [-0.15, -0.1) is 0 Å². The van der Waals surface area contributed by atoms with E-state index < -0.39 is 0 Å². The molecule has 0 spiro atoms. The van der Waals surface area contributed by atoms with Crippen molar-refractivity contribution in [3.63, 3.8) is 0 Å². The minimum atomic E-state index is 0.294. The lowest BCUT2D eigenvalue weighted by atomic mass is 10.2. The Morgan fingerprint density at radius 2 is 2.33 bits per heavy atom. The van der Waals surface area contributed by atoms with Crippen molar-refractivity contribution in [2.75, 3.05) is 11.1 Å². The molecule has 4 nitrogen and oxygen atoms in total. The second-order valence-corrected chi connectivity index (χ2v) is 4.02. The second-order valence-electron chi connectivity index (χ2n) is 4.02. The van der Waals surface area contributed by atoms with Crippen molar-refractivity contribution in [3.05, 3.63) is 17.8 Å². The summed E-state index contributed by atoms with van der Waals surface area (Å²) in [6, 6.07) is 5.93. The number of rotatable bonds is 3. The summed E-state index contributed by atoms with van der Waals surface area (Å²) in [5.41, 5.74) is 6.32. The molecule has 0 saturated heterocycles. The molecule has 0 bridgehead atoms. The maximum atomic E-state index is 8.78. The van der Waals surface area contributed by atoms with Crippen molar-refractivity contribution in [3.8, 4) is 6.07 Å². The molecular weight excluding hydrogens is 188 g/mol. The molecule has 1 fully saturated rings. The fourth-order valence-electron chi connectivity index (χ4n) is 1.59. The van der Waals surface area contributed by atoms with Crippen LogP contribution in [-0.4, -0.2) is 11.0 Å². The number of nitrogen functional groups attached to an aromatic ring is 1. The summed E-state index contributed by atoms with van der Waals surface area (Å²) in [7, 11) is 0. The normalized spacial score (nSPS) is 16.8. The van der Waals surface area contributed by atoms with Crippen molar-refractivity contribution in [2.24, 2.45) is 5.92 Å². The number of nitrogens with zero attached hydrogens (tertiary/aromatic N) is 2. The third-order valence-electron chi connectivity index (χ3n) is 2.74. The van der Waals surface area contributed by atoms with Crippen LogP contribution in [0.2, 0.25) is 0 Å². The third-order valence-corrected chi connectivity index (χ3v) is 2.74. The van der Waals surface area contributed by atoms with Crippen molar-refractivity contribution in [1.29, 1.82) is 5.26 Å². The van der Waals surface area contributed by atoms with Crippen LogP contribution < -0.4 is 11.1 Å². The van der Waals surface area contributed by atoms with Crippen LogP contribution in [0.5, 0.6) is 0 Å². The van der Waals surface area contributed by atoms with Gasteiger partial charge in [0.1, 0.15) is 11.9 Å². The lowest BCUT2D eigenvalue weighted by Gasteiger charge is -2.13. The van der Waals surface area contributed by atoms with Crippen LogP contribution in [0.25, 0.3) is 0 Å². The minimum Gasteiger partial charge on any atom is -0.396 e. The summed E-state index contributed by atoms with van der Waals surface area (Å²) >= 11 is 0. The minimum absolute atomic E-state index is 0.294. The van der Waals surface area contributed by atoms with Crippen molar-refractivity contribution >= 4 is 11.5 Å². The van der Waals surface area contributed by atoms with E-state index in [9.17, 15) is 0 Å². The topological polar surface area (TPSA) is 74.7 Å². The largest absolute Gasteiger partial charge is 0.396 e. The zero-order valence-corrected chi connectivity index (χ0v) is 8.70. The van der Waals surface area contributed by atoms with Gasteiger partial charge in [-0.2, -0.15) is 5.26 Å². The van der Waals surface area contributed by atoms with Crippen LogP contribution in [0.1, 0.15) is 25.5 Å². The fraction of sp³-hybridized carbons (Fsp3) is 0.455. The van der Waals surface area contributed by atoms with E-state index in [4.69, 9.17) is 11.0 Å². The van der Waals surface area contributed by atoms with Gasteiger partial charge >= 0.3 is 0 Å². The summed E-state index contributed by atoms with van der Waals surface area (Å²) in [6.07, 6.45) is 2.57. The number of nitrogens with two attached hydrogens (primary N) is 1. The molecule has 1 aromatic heterocycles. The number of hydrogen-bond acceptors (Lipinski definition) is 4. The van der Waals surface area contributed by atoms with Gasteiger partial charge in [0, 0.05) is 6.04 Å². The monoisotopic (exact) mass is 202 g/mol. The van der Waals surface area contributed by atoms with E-state index in [0.717, 1.165) is 11.7 Å². The van der Waals surface area contributed by atoms with E-state index in [0.29, 0.717) is 17.4 Å². The first-order valence-corrected chi connectivity index (χ1v) is 5.14. The summed E-state index contributed by atoms with van der Waals surface area (Å²) in [5.74, 6) is 1.50. The van der Waals surface area contributed by atoms with Crippen molar-refractivity contribution in [2.45, 2.75) is 25.8 Å². The number of hydrogen-bond donors (Lipinski definition) is 2. The quantitative estimate of drug-likeness (QED) is 0.783. The van der Waals surface area contributed by atoms with Gasteiger partial charge in [-0.3, -0.25) is 0 Å². The highest BCUT2D eigenvalue weighted by Crippen LogP contribution is 2.33. The molecule has 3 N–H and O–H groups in total. The Kier molecular flexibility index (Phi) is 2.46. The Bertz CT molecular complexity index is 404. The summed E-state index contributed by atoms with van der Waals surface area (Å²) in [6.45, 7) is 2.14. The predicted octanol–water partition coefficient (Wildman–Crippen LogP) is 1.75. The zero-order chi connectivity index (χ0) is 10.8. The summed E-state index contributed by atoms with van der Waals surface area (Å²) in [5, 5.41) is 12.1. The molecule has 0 radical (unpaired) electrons. The molecule has 1 aliphatic rings. The smallest absolute Gasteiger partial charge is 0.165 e. The Labute approximate surface area is 89.1 Å². The first-order valence-electron chi connectivity index (χ1n) is 5.14. The maximum absolute atomic E-state index is 8.78. The van der Waals surface area contributed by atoms with Gasteiger partial charge in [0.25, 0.3) is 0 Å². The molecule has 78 valence electrons. The molecule has 4 heteroatoms. The number of anilines is 2. The zero-order valence-electron chi connectivity index (χ0n) is 8.70. The van der Waals surface area contributed by atoms with Crippen LogP contribution in [0.15, 0.2) is 12.1 Å². The van der Waals surface area contributed by atoms with Crippen LogP contribution in [0.3, 0.4) is 0 Å². The van der Waals surface area contributed by atoms with Gasteiger partial charge in [0.05, 0.1) is 5.69 Å². The summed E-state index contributed by atoms with van der Waals surface area (Å²) in [4.78, 5) is 4.14. The van der Waals surface area contributed by atoms with E-state index in [1.54, 1.807) is 6.07 Å². The molecule has 0 aliphatic heterocycles. The number of nitriles is 1. The Balaban J connectivity index is 2.11. The van der Waals surface area contributed by atoms with Crippen LogP contribution in [-0.2, 0) is 0 Å². The Hall–Kier alpha value is -1.76. The third kappa shape index (κ3) is 2.18. The molecule has 1 saturated carbocycles. The van der Waals surface area contributed by atoms with Crippen molar-refractivity contribution in [1.82, 2.24) is 4.98 Å². The average Bonchev–Trinajstić information content (AvgIpc) is 3.04. The van der Waals surface area contributed by atoms with Gasteiger partial charge in [-0.05, 0) is 37.8 Å². The molecule has 1 aliphatic carbocycles. The van der Waals surface area contributed by atoms with E-state index in [1.165, 1.54) is 12.8 Å². The van der Waals surface area contributed by atoms with E-state index in [1.807, 2.05) is 12.1 Å². The lowest BCUT2D eigenvalue weighted by Crippen LogP contribution is -2.18. The van der Waals surface area contributed by atoms with Gasteiger partial charge in [-0.25, -0.2) is 4.98 Å². The first kappa shape index (κ1) is 9.78. The maximum Gasteiger partial charge on any atom is 0.165 e. The standard InChI is InChI=1S/C11H14N4/c1-7(8-2-3-8)14-11-5-4-9(13)10(6-12)15-11/h4-5,7-8H,2-3,13H2,1H3,(H,14,15). The number of aromatic nitrogens is 1. The molecule has 0 aromatic carbocycles. The van der Waals surface area contributed by atoms with E-state index >= 15 is 0 Å². The molecular formula is C11H14N4. The fourth-order valence-corrected chi connectivity index (χ4v) is 1.59. The highest BCUT2D eigenvalue weighted by Gasteiger charge is 2.27. The summed E-state index contributed by atoms with van der Waals surface area (Å²) < 4.78 is 0. The van der Waals surface area contributed by atoms with Crippen LogP contribution in [0, 0.1) is 17.2 Å². The van der Waals surface area contributed by atoms with E-state index in [-0.39, 0.29) is 0 Å². The predicted molar refractivity (Wildman–Crippen MR) is 59.2 cm³/mol. The molecule has 0 amide bonds. The number of pyridine rings is 1.